The van der Waals surface area contributed by atoms with Crippen LogP contribution in [0.2, 0.25) is 0 Å². The van der Waals surface area contributed by atoms with Crippen molar-refractivity contribution < 1.29 is 19.0 Å². The van der Waals surface area contributed by atoms with Crippen LogP contribution in [0.1, 0.15) is 19.8 Å². The van der Waals surface area contributed by atoms with Gasteiger partial charge in [-0.25, -0.2) is 0 Å². The molecule has 1 saturated heterocycles. The van der Waals surface area contributed by atoms with E-state index in [-0.39, 0.29) is 11.9 Å². The fraction of sp³-hybridized carbons (Fsp3) is 0.929. The number of rotatable bonds is 10. The second-order valence-corrected chi connectivity index (χ2v) is 4.93. The van der Waals surface area contributed by atoms with Gasteiger partial charge in [0.15, 0.2) is 0 Å². The van der Waals surface area contributed by atoms with Crippen molar-refractivity contribution >= 4 is 5.91 Å². The van der Waals surface area contributed by atoms with Gasteiger partial charge in [-0.3, -0.25) is 4.79 Å². The molecule has 0 aromatic heterocycles. The SMILES string of the molecule is COCCOCCCCNC(C)C(=O)N1CCOCC1. The van der Waals surface area contributed by atoms with Gasteiger partial charge in [0.05, 0.1) is 32.5 Å². The largest absolute Gasteiger partial charge is 0.382 e. The van der Waals surface area contributed by atoms with E-state index in [4.69, 9.17) is 14.2 Å². The van der Waals surface area contributed by atoms with E-state index in [1.165, 1.54) is 0 Å². The number of morpholine rings is 1. The number of nitrogens with zero attached hydrogens (tertiary/aromatic N) is 1. The predicted octanol–water partition coefficient (Wildman–Crippen LogP) is 0.267. The van der Waals surface area contributed by atoms with E-state index in [9.17, 15) is 4.79 Å². The van der Waals surface area contributed by atoms with Crippen molar-refractivity contribution in [3.05, 3.63) is 0 Å². The fourth-order valence-corrected chi connectivity index (χ4v) is 2.04. The smallest absolute Gasteiger partial charge is 0.239 e. The van der Waals surface area contributed by atoms with Crippen molar-refractivity contribution in [2.24, 2.45) is 0 Å². The third kappa shape index (κ3) is 7.19. The third-order valence-electron chi connectivity index (χ3n) is 3.29. The molecule has 0 aromatic rings. The highest BCUT2D eigenvalue weighted by Crippen LogP contribution is 2.01. The second kappa shape index (κ2) is 11.0. The lowest BCUT2D eigenvalue weighted by molar-refractivity contribution is -0.137. The first kappa shape index (κ1) is 17.4. The zero-order chi connectivity index (χ0) is 14.6. The molecular formula is C14H28N2O4. The lowest BCUT2D eigenvalue weighted by Crippen LogP contribution is -2.49. The molecule has 1 unspecified atom stereocenters. The van der Waals surface area contributed by atoms with Crippen LogP contribution in [-0.2, 0) is 19.0 Å². The molecule has 118 valence electrons. The molecule has 0 aliphatic carbocycles. The van der Waals surface area contributed by atoms with E-state index in [0.717, 1.165) is 26.0 Å². The maximum atomic E-state index is 12.1. The van der Waals surface area contributed by atoms with Crippen molar-refractivity contribution in [2.75, 3.05) is 59.8 Å². The second-order valence-electron chi connectivity index (χ2n) is 4.93. The Bertz CT molecular complexity index is 258. The Kier molecular flexibility index (Phi) is 9.57. The molecule has 1 atom stereocenters. The Morgan fingerprint density at radius 2 is 2.00 bits per heavy atom. The molecule has 1 fully saturated rings. The number of hydrogen-bond donors (Lipinski definition) is 1. The van der Waals surface area contributed by atoms with E-state index >= 15 is 0 Å². The summed E-state index contributed by atoms with van der Waals surface area (Å²) in [5, 5.41) is 3.27. The first-order valence-corrected chi connectivity index (χ1v) is 7.42. The van der Waals surface area contributed by atoms with Crippen molar-refractivity contribution in [1.82, 2.24) is 10.2 Å². The van der Waals surface area contributed by atoms with Crippen LogP contribution < -0.4 is 5.32 Å². The molecule has 0 radical (unpaired) electrons. The minimum absolute atomic E-state index is 0.123. The van der Waals surface area contributed by atoms with E-state index in [1.54, 1.807) is 7.11 Å². The standard InChI is InChI=1S/C14H28N2O4/c1-13(14(17)16-6-9-20-10-7-16)15-5-3-4-8-19-12-11-18-2/h13,15H,3-12H2,1-2H3. The number of ether oxygens (including phenoxy) is 3. The molecule has 1 aliphatic rings. The van der Waals surface area contributed by atoms with Gasteiger partial charge in [0.2, 0.25) is 5.91 Å². The number of hydrogen-bond acceptors (Lipinski definition) is 5. The topological polar surface area (TPSA) is 60.0 Å². The van der Waals surface area contributed by atoms with E-state index < -0.39 is 0 Å². The Labute approximate surface area is 121 Å². The first-order chi connectivity index (χ1) is 9.75. The zero-order valence-corrected chi connectivity index (χ0v) is 12.7. The summed E-state index contributed by atoms with van der Waals surface area (Å²) in [5.41, 5.74) is 0. The van der Waals surface area contributed by atoms with Crippen molar-refractivity contribution in [2.45, 2.75) is 25.8 Å². The van der Waals surface area contributed by atoms with Crippen LogP contribution in [0, 0.1) is 0 Å². The minimum atomic E-state index is -0.123. The van der Waals surface area contributed by atoms with Gasteiger partial charge in [0, 0.05) is 26.8 Å². The van der Waals surface area contributed by atoms with Gasteiger partial charge >= 0.3 is 0 Å². The quantitative estimate of drug-likeness (QED) is 0.585. The zero-order valence-electron chi connectivity index (χ0n) is 12.7. The highest BCUT2D eigenvalue weighted by atomic mass is 16.5. The molecule has 0 bridgehead atoms. The van der Waals surface area contributed by atoms with Crippen LogP contribution in [0.3, 0.4) is 0 Å². The van der Waals surface area contributed by atoms with Crippen LogP contribution >= 0.6 is 0 Å². The van der Waals surface area contributed by atoms with Crippen LogP contribution in [0.15, 0.2) is 0 Å². The summed E-state index contributed by atoms with van der Waals surface area (Å²) in [7, 11) is 1.67. The van der Waals surface area contributed by atoms with E-state index in [2.05, 4.69) is 5.32 Å². The van der Waals surface area contributed by atoms with Crippen LogP contribution in [0.4, 0.5) is 0 Å². The van der Waals surface area contributed by atoms with Crippen LogP contribution in [-0.4, -0.2) is 76.6 Å². The predicted molar refractivity (Wildman–Crippen MR) is 76.8 cm³/mol. The molecule has 20 heavy (non-hydrogen) atoms. The normalized spacial score (nSPS) is 17.2. The molecule has 6 heteroatoms. The summed E-state index contributed by atoms with van der Waals surface area (Å²) in [6, 6.07) is -0.123. The van der Waals surface area contributed by atoms with Crippen molar-refractivity contribution in [3.63, 3.8) is 0 Å². The fourth-order valence-electron chi connectivity index (χ4n) is 2.04. The van der Waals surface area contributed by atoms with Gasteiger partial charge in [-0.05, 0) is 26.3 Å². The summed E-state index contributed by atoms with van der Waals surface area (Å²) < 4.78 is 15.5. The molecular weight excluding hydrogens is 260 g/mol. The summed E-state index contributed by atoms with van der Waals surface area (Å²) in [6.45, 7) is 7.51. The summed E-state index contributed by atoms with van der Waals surface area (Å²) in [5.74, 6) is 0.171. The maximum absolute atomic E-state index is 12.1. The van der Waals surface area contributed by atoms with Gasteiger partial charge in [-0.1, -0.05) is 0 Å². The van der Waals surface area contributed by atoms with E-state index in [0.29, 0.717) is 39.5 Å². The summed E-state index contributed by atoms with van der Waals surface area (Å²) in [4.78, 5) is 14.0. The molecule has 1 N–H and O–H groups in total. The molecule has 1 amide bonds. The molecule has 1 aliphatic heterocycles. The van der Waals surface area contributed by atoms with Gasteiger partial charge < -0.3 is 24.4 Å². The average Bonchev–Trinajstić information content (AvgIpc) is 2.50. The van der Waals surface area contributed by atoms with E-state index in [1.807, 2.05) is 11.8 Å². The van der Waals surface area contributed by atoms with Gasteiger partial charge in [0.1, 0.15) is 0 Å². The van der Waals surface area contributed by atoms with Crippen molar-refractivity contribution in [3.8, 4) is 0 Å². The molecule has 6 nitrogen and oxygen atoms in total. The minimum Gasteiger partial charge on any atom is -0.382 e. The number of carbonyl (C=O) groups is 1. The van der Waals surface area contributed by atoms with Gasteiger partial charge in [-0.2, -0.15) is 0 Å². The Morgan fingerprint density at radius 3 is 2.70 bits per heavy atom. The Hall–Kier alpha value is -0.690. The molecule has 0 aromatic carbocycles. The van der Waals surface area contributed by atoms with Crippen LogP contribution in [0.5, 0.6) is 0 Å². The highest BCUT2D eigenvalue weighted by molar-refractivity contribution is 5.81. The maximum Gasteiger partial charge on any atom is 0.239 e. The molecule has 0 spiro atoms. The molecule has 1 rings (SSSR count). The summed E-state index contributed by atoms with van der Waals surface area (Å²) in [6.07, 6.45) is 2.00. The third-order valence-corrected chi connectivity index (χ3v) is 3.29. The number of methoxy groups -OCH3 is 1. The van der Waals surface area contributed by atoms with Gasteiger partial charge in [-0.15, -0.1) is 0 Å². The molecule has 1 heterocycles. The lowest BCUT2D eigenvalue weighted by Gasteiger charge is -2.29. The Morgan fingerprint density at radius 1 is 1.25 bits per heavy atom. The van der Waals surface area contributed by atoms with Crippen LogP contribution in [0.25, 0.3) is 0 Å². The lowest BCUT2D eigenvalue weighted by atomic mass is 10.2. The first-order valence-electron chi connectivity index (χ1n) is 7.42. The number of carbonyl (C=O) groups excluding carboxylic acids is 1. The average molecular weight is 288 g/mol. The summed E-state index contributed by atoms with van der Waals surface area (Å²) >= 11 is 0. The molecule has 0 saturated carbocycles. The van der Waals surface area contributed by atoms with Gasteiger partial charge in [0.25, 0.3) is 0 Å². The highest BCUT2D eigenvalue weighted by Gasteiger charge is 2.21. The monoisotopic (exact) mass is 288 g/mol. The number of amides is 1. The van der Waals surface area contributed by atoms with Crippen molar-refractivity contribution in [1.29, 1.82) is 0 Å². The number of nitrogens with one attached hydrogen (secondary N) is 1. The Balaban J connectivity index is 1.98. The number of unbranched alkanes of at least 4 members (excludes halogenated alkanes) is 1.